The lowest BCUT2D eigenvalue weighted by Gasteiger charge is -2.29. The zero-order chi connectivity index (χ0) is 19.9. The number of rotatable bonds is 3. The molecule has 2 heterocycles. The monoisotopic (exact) mass is 391 g/mol. The molecule has 0 radical (unpaired) electrons. The second-order valence-corrected chi connectivity index (χ2v) is 8.13. The molecule has 0 saturated carbocycles. The summed E-state index contributed by atoms with van der Waals surface area (Å²) in [6.07, 6.45) is 0.116. The van der Waals surface area contributed by atoms with Gasteiger partial charge in [-0.25, -0.2) is 8.42 Å². The zero-order valence-corrected chi connectivity index (χ0v) is 15.5. The predicted octanol–water partition coefficient (Wildman–Crippen LogP) is 0.0001000. The van der Waals surface area contributed by atoms with E-state index in [4.69, 9.17) is 0 Å². The van der Waals surface area contributed by atoms with Crippen molar-refractivity contribution in [1.82, 2.24) is 14.5 Å². The molecule has 142 valence electrons. The number of hydrogen-bond donors (Lipinski definition) is 1. The van der Waals surface area contributed by atoms with Crippen LogP contribution in [0.1, 0.15) is 30.1 Å². The Labute approximate surface area is 155 Å². The van der Waals surface area contributed by atoms with Crippen molar-refractivity contribution >= 4 is 33.5 Å². The first-order valence-electron chi connectivity index (χ1n) is 8.11. The number of Topliss-reactive ketones (excluding diaryl/α,β-unsaturated/α-hetero) is 1. The van der Waals surface area contributed by atoms with E-state index >= 15 is 0 Å². The largest absolute Gasteiger partial charge is 0.326 e. The predicted molar refractivity (Wildman–Crippen MR) is 92.5 cm³/mol. The lowest BCUT2D eigenvalue weighted by Crippen LogP contribution is -2.42. The summed E-state index contributed by atoms with van der Waals surface area (Å²) >= 11 is 0. The molecule has 0 aromatic heterocycles. The van der Waals surface area contributed by atoms with Crippen molar-refractivity contribution < 1.29 is 27.6 Å². The van der Waals surface area contributed by atoms with Gasteiger partial charge in [0.25, 0.3) is 10.0 Å². The molecule has 0 bridgehead atoms. The van der Waals surface area contributed by atoms with Crippen molar-refractivity contribution in [1.29, 1.82) is 0 Å². The summed E-state index contributed by atoms with van der Waals surface area (Å²) in [5.41, 5.74) is -0.158. The van der Waals surface area contributed by atoms with Crippen LogP contribution in [0.5, 0.6) is 0 Å². The van der Waals surface area contributed by atoms with Gasteiger partial charge in [0.1, 0.15) is 12.2 Å². The van der Waals surface area contributed by atoms with Crippen LogP contribution in [0.3, 0.4) is 0 Å². The van der Waals surface area contributed by atoms with Crippen molar-refractivity contribution in [3.8, 4) is 0 Å². The number of benzene rings is 1. The summed E-state index contributed by atoms with van der Waals surface area (Å²) in [5, 5.41) is 2.41. The normalized spacial score (nSPS) is 20.6. The van der Waals surface area contributed by atoms with E-state index in [0.717, 1.165) is 9.21 Å². The van der Waals surface area contributed by atoms with E-state index in [1.165, 1.54) is 32.2 Å². The van der Waals surface area contributed by atoms with E-state index < -0.39 is 40.1 Å². The van der Waals surface area contributed by atoms with Gasteiger partial charge in [0.05, 0.1) is 4.90 Å². The van der Waals surface area contributed by atoms with Crippen molar-refractivity contribution in [3.63, 3.8) is 0 Å². The maximum absolute atomic E-state index is 12.8. The number of hydrogen-bond acceptors (Lipinski definition) is 6. The Morgan fingerprint density at radius 1 is 1.11 bits per heavy atom. The van der Waals surface area contributed by atoms with E-state index in [9.17, 15) is 27.6 Å². The van der Waals surface area contributed by atoms with E-state index in [1.807, 2.05) is 0 Å². The number of carbonyl (C=O) groups is 4. The van der Waals surface area contributed by atoms with Crippen LogP contribution in [0.4, 0.5) is 0 Å². The van der Waals surface area contributed by atoms with Crippen molar-refractivity contribution in [2.45, 2.75) is 24.7 Å². The van der Waals surface area contributed by atoms with Crippen LogP contribution in [0.25, 0.3) is 0 Å². The summed E-state index contributed by atoms with van der Waals surface area (Å²) in [6, 6.07) is 5.81. The first kappa shape index (κ1) is 18.8. The first-order valence-corrected chi connectivity index (χ1v) is 9.55. The number of carbonyl (C=O) groups excluding carboxylic acids is 4. The summed E-state index contributed by atoms with van der Waals surface area (Å²) in [5.74, 6) is -2.12. The van der Waals surface area contributed by atoms with Crippen LogP contribution in [-0.4, -0.2) is 54.7 Å². The van der Waals surface area contributed by atoms with Crippen LogP contribution >= 0.6 is 0 Å². The number of likely N-dealkylation sites (tertiary alicyclic amines) is 1. The minimum atomic E-state index is -3.94. The fraction of sp³-hybridized carbons (Fsp3) is 0.294. The van der Waals surface area contributed by atoms with Gasteiger partial charge in [0.2, 0.25) is 23.5 Å². The van der Waals surface area contributed by atoms with Crippen LogP contribution in [0, 0.1) is 0 Å². The van der Waals surface area contributed by atoms with Crippen molar-refractivity contribution in [2.24, 2.45) is 0 Å². The number of imide groups is 1. The summed E-state index contributed by atoms with van der Waals surface area (Å²) < 4.78 is 26.1. The standard InChI is InChI=1S/C17H17N3O6S/c1-10(18-13(21)9-20-14(22)7-8-15(20)23)16-17(24)11-5-3-4-6-12(11)27(25,26)19(16)2/h3-6H,7-9H2,1-2H3,(H,18,21). The number of nitrogens with one attached hydrogen (secondary N) is 1. The first-order chi connectivity index (χ1) is 12.6. The van der Waals surface area contributed by atoms with Gasteiger partial charge in [0, 0.05) is 31.1 Å². The Balaban J connectivity index is 1.91. The number of likely N-dealkylation sites (N-methyl/N-ethyl adjacent to an activating group) is 1. The highest BCUT2D eigenvalue weighted by molar-refractivity contribution is 7.89. The van der Waals surface area contributed by atoms with E-state index in [-0.39, 0.29) is 34.7 Å². The van der Waals surface area contributed by atoms with Crippen LogP contribution in [0.2, 0.25) is 0 Å². The lowest BCUT2D eigenvalue weighted by molar-refractivity contribution is -0.142. The third-order valence-electron chi connectivity index (χ3n) is 4.44. The van der Waals surface area contributed by atoms with E-state index in [2.05, 4.69) is 5.32 Å². The van der Waals surface area contributed by atoms with Gasteiger partial charge in [-0.2, -0.15) is 0 Å². The molecule has 1 N–H and O–H groups in total. The Morgan fingerprint density at radius 3 is 2.33 bits per heavy atom. The molecular formula is C17H17N3O6S. The Hall–Kier alpha value is -3.01. The number of ketones is 1. The van der Waals surface area contributed by atoms with Gasteiger partial charge in [-0.3, -0.25) is 28.4 Å². The number of fused-ring (bicyclic) bond motifs is 1. The van der Waals surface area contributed by atoms with E-state index in [0.29, 0.717) is 0 Å². The third-order valence-corrected chi connectivity index (χ3v) is 6.25. The summed E-state index contributed by atoms with van der Waals surface area (Å²) in [6.45, 7) is 0.905. The summed E-state index contributed by atoms with van der Waals surface area (Å²) in [4.78, 5) is 48.9. The molecule has 0 unspecified atom stereocenters. The van der Waals surface area contributed by atoms with Crippen LogP contribution < -0.4 is 5.32 Å². The highest BCUT2D eigenvalue weighted by Crippen LogP contribution is 2.31. The van der Waals surface area contributed by atoms with E-state index in [1.54, 1.807) is 6.07 Å². The van der Waals surface area contributed by atoms with Gasteiger partial charge >= 0.3 is 0 Å². The molecule has 3 amide bonds. The highest BCUT2D eigenvalue weighted by Gasteiger charge is 2.38. The molecule has 2 aliphatic rings. The minimum absolute atomic E-state index is 0.0177. The quantitative estimate of drug-likeness (QED) is 0.572. The van der Waals surface area contributed by atoms with Gasteiger partial charge in [-0.15, -0.1) is 0 Å². The number of allylic oxidation sites excluding steroid dienone is 2. The molecule has 1 fully saturated rings. The molecule has 10 heteroatoms. The fourth-order valence-corrected chi connectivity index (χ4v) is 4.52. The SMILES string of the molecule is CC(NC(=O)CN1C(=O)CCC1=O)=C1C(=O)c2ccccc2S(=O)(=O)N1C. The molecule has 0 spiro atoms. The number of nitrogens with zero attached hydrogens (tertiary/aromatic N) is 2. The second-order valence-electron chi connectivity index (χ2n) is 6.19. The molecule has 0 atom stereocenters. The molecule has 1 aromatic carbocycles. The topological polar surface area (TPSA) is 121 Å². The Kier molecular flexibility index (Phi) is 4.60. The third kappa shape index (κ3) is 3.12. The highest BCUT2D eigenvalue weighted by atomic mass is 32.2. The number of amides is 3. The zero-order valence-electron chi connectivity index (χ0n) is 14.7. The van der Waals surface area contributed by atoms with Crippen molar-refractivity contribution in [2.75, 3.05) is 13.6 Å². The minimum Gasteiger partial charge on any atom is -0.326 e. The Morgan fingerprint density at radius 2 is 1.70 bits per heavy atom. The smallest absolute Gasteiger partial charge is 0.264 e. The Bertz CT molecular complexity index is 995. The molecule has 1 aromatic rings. The van der Waals surface area contributed by atoms with Gasteiger partial charge < -0.3 is 5.32 Å². The fourth-order valence-electron chi connectivity index (χ4n) is 3.07. The average molecular weight is 391 g/mol. The van der Waals surface area contributed by atoms with Crippen LogP contribution in [0.15, 0.2) is 40.6 Å². The van der Waals surface area contributed by atoms with Gasteiger partial charge in [-0.1, -0.05) is 12.1 Å². The van der Waals surface area contributed by atoms with Gasteiger partial charge in [0.15, 0.2) is 0 Å². The second kappa shape index (κ2) is 6.62. The van der Waals surface area contributed by atoms with Gasteiger partial charge in [-0.05, 0) is 19.1 Å². The lowest BCUT2D eigenvalue weighted by atomic mass is 10.1. The maximum Gasteiger partial charge on any atom is 0.264 e. The molecular weight excluding hydrogens is 374 g/mol. The summed E-state index contributed by atoms with van der Waals surface area (Å²) in [7, 11) is -2.72. The maximum atomic E-state index is 12.8. The molecule has 3 rings (SSSR count). The molecule has 27 heavy (non-hydrogen) atoms. The number of sulfonamides is 1. The molecule has 1 saturated heterocycles. The molecule has 2 aliphatic heterocycles. The molecule has 9 nitrogen and oxygen atoms in total. The van der Waals surface area contributed by atoms with Crippen LogP contribution in [-0.2, 0) is 24.4 Å². The molecule has 0 aliphatic carbocycles. The van der Waals surface area contributed by atoms with Crippen molar-refractivity contribution in [3.05, 3.63) is 41.2 Å². The average Bonchev–Trinajstić information content (AvgIpc) is 2.92.